The predicted octanol–water partition coefficient (Wildman–Crippen LogP) is 4.96. The summed E-state index contributed by atoms with van der Waals surface area (Å²) in [6.07, 6.45) is 0. The molecule has 4 rings (SSSR count). The molecule has 1 amide bonds. The third kappa shape index (κ3) is 5.04. The van der Waals surface area contributed by atoms with E-state index in [9.17, 15) is 18.0 Å². The Labute approximate surface area is 209 Å². The summed E-state index contributed by atoms with van der Waals surface area (Å²) in [4.78, 5) is 27.1. The van der Waals surface area contributed by atoms with E-state index < -0.39 is 22.0 Å². The minimum absolute atomic E-state index is 0.0717. The number of esters is 1. The van der Waals surface area contributed by atoms with Crippen molar-refractivity contribution in [3.8, 4) is 11.1 Å². The molecule has 3 aromatic rings. The van der Waals surface area contributed by atoms with Gasteiger partial charge in [0, 0.05) is 22.8 Å². The first kappa shape index (κ1) is 24.8. The Balaban J connectivity index is 1.55. The van der Waals surface area contributed by atoms with Gasteiger partial charge in [-0.1, -0.05) is 55.8 Å². The highest BCUT2D eigenvalue weighted by Crippen LogP contribution is 2.32. The number of rotatable bonds is 7. The number of carbonyl (C=O) groups is 2. The van der Waals surface area contributed by atoms with Gasteiger partial charge in [-0.3, -0.25) is 9.52 Å². The van der Waals surface area contributed by atoms with Crippen LogP contribution in [0.15, 0.2) is 71.6 Å². The SMILES string of the molecule is COC(=O)[C@H](C(C)C)N1Cc2ccc(-c3ccc(NS(=O)(=O)c4cccc(Cl)c4)cc3)cc2C1=O. The maximum atomic E-state index is 13.1. The van der Waals surface area contributed by atoms with Crippen LogP contribution in [0.4, 0.5) is 5.69 Å². The Morgan fingerprint density at radius 2 is 1.71 bits per heavy atom. The molecule has 0 aromatic heterocycles. The number of halogens is 1. The van der Waals surface area contributed by atoms with Gasteiger partial charge in [-0.15, -0.1) is 0 Å². The van der Waals surface area contributed by atoms with Crippen molar-refractivity contribution >= 4 is 39.2 Å². The molecule has 1 heterocycles. The molecule has 0 unspecified atom stereocenters. The van der Waals surface area contributed by atoms with Crippen LogP contribution in [-0.4, -0.2) is 38.3 Å². The number of nitrogens with zero attached hydrogens (tertiary/aromatic N) is 1. The second-order valence-electron chi connectivity index (χ2n) is 8.66. The fourth-order valence-electron chi connectivity index (χ4n) is 4.19. The molecule has 1 aliphatic rings. The highest BCUT2D eigenvalue weighted by atomic mass is 35.5. The van der Waals surface area contributed by atoms with Gasteiger partial charge in [0.1, 0.15) is 6.04 Å². The fraction of sp³-hybridized carbons (Fsp3) is 0.231. The number of carbonyl (C=O) groups excluding carboxylic acids is 2. The fourth-order valence-corrected chi connectivity index (χ4v) is 5.55. The molecule has 182 valence electrons. The molecule has 1 aliphatic heterocycles. The van der Waals surface area contributed by atoms with Gasteiger partial charge < -0.3 is 9.64 Å². The van der Waals surface area contributed by atoms with Crippen LogP contribution in [0, 0.1) is 5.92 Å². The van der Waals surface area contributed by atoms with Gasteiger partial charge >= 0.3 is 5.97 Å². The zero-order chi connectivity index (χ0) is 25.3. The van der Waals surface area contributed by atoms with Crippen molar-refractivity contribution in [2.45, 2.75) is 31.3 Å². The summed E-state index contributed by atoms with van der Waals surface area (Å²) in [7, 11) is -2.46. The molecule has 0 radical (unpaired) electrons. The average Bonchev–Trinajstić information content (AvgIpc) is 3.14. The van der Waals surface area contributed by atoms with E-state index in [-0.39, 0.29) is 16.7 Å². The van der Waals surface area contributed by atoms with E-state index in [0.717, 1.165) is 16.7 Å². The number of amides is 1. The monoisotopic (exact) mass is 512 g/mol. The largest absolute Gasteiger partial charge is 0.467 e. The lowest BCUT2D eigenvalue weighted by atomic mass is 10.0. The molecular weight excluding hydrogens is 488 g/mol. The van der Waals surface area contributed by atoms with E-state index in [2.05, 4.69) is 4.72 Å². The summed E-state index contributed by atoms with van der Waals surface area (Å²) >= 11 is 5.92. The molecule has 0 saturated heterocycles. The third-order valence-electron chi connectivity index (χ3n) is 5.93. The first-order valence-corrected chi connectivity index (χ1v) is 12.9. The minimum atomic E-state index is -3.78. The summed E-state index contributed by atoms with van der Waals surface area (Å²) in [5, 5.41) is 0.333. The van der Waals surface area contributed by atoms with Gasteiger partial charge in [-0.05, 0) is 59.0 Å². The lowest BCUT2D eigenvalue weighted by Crippen LogP contribution is -2.45. The van der Waals surface area contributed by atoms with Crippen LogP contribution < -0.4 is 4.72 Å². The van der Waals surface area contributed by atoms with E-state index in [1.54, 1.807) is 47.4 Å². The van der Waals surface area contributed by atoms with Crippen LogP contribution in [0.2, 0.25) is 5.02 Å². The smallest absolute Gasteiger partial charge is 0.328 e. The molecule has 0 fully saturated rings. The van der Waals surface area contributed by atoms with Crippen LogP contribution in [0.3, 0.4) is 0 Å². The summed E-state index contributed by atoms with van der Waals surface area (Å²) in [5.74, 6) is -0.738. The normalized spacial score (nSPS) is 14.1. The van der Waals surface area contributed by atoms with E-state index in [1.165, 1.54) is 19.2 Å². The van der Waals surface area contributed by atoms with Gasteiger partial charge in [-0.25, -0.2) is 13.2 Å². The molecule has 0 saturated carbocycles. The van der Waals surface area contributed by atoms with E-state index in [4.69, 9.17) is 16.3 Å². The van der Waals surface area contributed by atoms with Crippen LogP contribution in [0.25, 0.3) is 11.1 Å². The molecule has 0 spiro atoms. The molecule has 0 aliphatic carbocycles. The molecule has 7 nitrogen and oxygen atoms in total. The number of nitrogens with one attached hydrogen (secondary N) is 1. The maximum Gasteiger partial charge on any atom is 0.328 e. The number of methoxy groups -OCH3 is 1. The maximum absolute atomic E-state index is 13.1. The van der Waals surface area contributed by atoms with Crippen molar-refractivity contribution in [1.29, 1.82) is 0 Å². The second-order valence-corrected chi connectivity index (χ2v) is 10.8. The third-order valence-corrected chi connectivity index (χ3v) is 7.54. The summed E-state index contributed by atoms with van der Waals surface area (Å²) in [5.41, 5.74) is 3.41. The first-order valence-electron chi connectivity index (χ1n) is 11.0. The number of anilines is 1. The first-order chi connectivity index (χ1) is 16.6. The minimum Gasteiger partial charge on any atom is -0.467 e. The Kier molecular flexibility index (Phi) is 6.87. The summed E-state index contributed by atoms with van der Waals surface area (Å²) < 4.78 is 32.7. The number of benzene rings is 3. The number of hydrogen-bond donors (Lipinski definition) is 1. The standard InChI is InChI=1S/C26H25ClN2O5S/c1-16(2)24(26(31)34-3)29-15-19-8-7-18(13-23(19)25(29)30)17-9-11-21(12-10-17)28-35(32,33)22-6-4-5-20(27)14-22/h4-14,16,24,28H,15H2,1-3H3/t24-/m0/s1. The molecule has 35 heavy (non-hydrogen) atoms. The Hall–Kier alpha value is -3.36. The van der Waals surface area contributed by atoms with Gasteiger partial charge in [-0.2, -0.15) is 0 Å². The molecule has 0 bridgehead atoms. The van der Waals surface area contributed by atoms with E-state index in [1.807, 2.05) is 26.0 Å². The second kappa shape index (κ2) is 9.71. The molecule has 1 atom stereocenters. The quantitative estimate of drug-likeness (QED) is 0.451. The van der Waals surface area contributed by atoms with Crippen molar-refractivity contribution in [1.82, 2.24) is 4.90 Å². The molecule has 1 N–H and O–H groups in total. The molecule has 9 heteroatoms. The van der Waals surface area contributed by atoms with E-state index >= 15 is 0 Å². The van der Waals surface area contributed by atoms with Crippen molar-refractivity contribution in [3.63, 3.8) is 0 Å². The van der Waals surface area contributed by atoms with Crippen LogP contribution in [0.1, 0.15) is 29.8 Å². The van der Waals surface area contributed by atoms with Crippen molar-refractivity contribution in [3.05, 3.63) is 82.9 Å². The lowest BCUT2D eigenvalue weighted by molar-refractivity contribution is -0.147. The highest BCUT2D eigenvalue weighted by Gasteiger charge is 2.38. The Morgan fingerprint density at radius 3 is 2.34 bits per heavy atom. The van der Waals surface area contributed by atoms with Crippen molar-refractivity contribution in [2.24, 2.45) is 5.92 Å². The zero-order valence-electron chi connectivity index (χ0n) is 19.5. The predicted molar refractivity (Wildman–Crippen MR) is 135 cm³/mol. The van der Waals surface area contributed by atoms with Crippen LogP contribution in [0.5, 0.6) is 0 Å². The molecule has 3 aromatic carbocycles. The highest BCUT2D eigenvalue weighted by molar-refractivity contribution is 7.92. The van der Waals surface area contributed by atoms with Crippen LogP contribution in [-0.2, 0) is 26.1 Å². The topological polar surface area (TPSA) is 92.8 Å². The number of fused-ring (bicyclic) bond motifs is 1. The summed E-state index contributed by atoms with van der Waals surface area (Å²) in [6, 6.07) is 17.8. The number of ether oxygens (including phenoxy) is 1. The Morgan fingerprint density at radius 1 is 1.03 bits per heavy atom. The molecular formula is C26H25ClN2O5S. The zero-order valence-corrected chi connectivity index (χ0v) is 21.1. The van der Waals surface area contributed by atoms with Crippen LogP contribution >= 0.6 is 11.6 Å². The average molecular weight is 513 g/mol. The lowest BCUT2D eigenvalue weighted by Gasteiger charge is -2.28. The van der Waals surface area contributed by atoms with Gasteiger partial charge in [0.2, 0.25) is 0 Å². The van der Waals surface area contributed by atoms with Gasteiger partial charge in [0.05, 0.1) is 12.0 Å². The number of hydrogen-bond acceptors (Lipinski definition) is 5. The van der Waals surface area contributed by atoms with E-state index in [0.29, 0.717) is 22.8 Å². The van der Waals surface area contributed by atoms with Crippen molar-refractivity contribution < 1.29 is 22.7 Å². The number of sulfonamides is 1. The summed E-state index contributed by atoms with van der Waals surface area (Å²) in [6.45, 7) is 4.10. The Bertz CT molecular complexity index is 1390. The van der Waals surface area contributed by atoms with Gasteiger partial charge in [0.25, 0.3) is 15.9 Å². The van der Waals surface area contributed by atoms with Crippen molar-refractivity contribution in [2.75, 3.05) is 11.8 Å². The van der Waals surface area contributed by atoms with Gasteiger partial charge in [0.15, 0.2) is 0 Å².